The largest absolute Gasteiger partial charge is 0.496 e. The molecule has 1 unspecified atom stereocenters. The van der Waals surface area contributed by atoms with Gasteiger partial charge in [0.25, 0.3) is 0 Å². The van der Waals surface area contributed by atoms with Crippen LogP contribution < -0.4 is 15.8 Å². The first-order chi connectivity index (χ1) is 9.32. The number of nitrogens with one attached hydrogen (secondary N) is 1. The molecule has 1 aromatic rings. The second-order valence-corrected chi connectivity index (χ2v) is 6.37. The Hall–Kier alpha value is -0.780. The van der Waals surface area contributed by atoms with Crippen molar-refractivity contribution in [1.82, 2.24) is 5.32 Å². The maximum Gasteiger partial charge on any atom is 0.225 e. The number of hydrogen-bond acceptors (Lipinski definition) is 3. The van der Waals surface area contributed by atoms with Crippen molar-refractivity contribution < 1.29 is 9.53 Å². The van der Waals surface area contributed by atoms with E-state index in [1.807, 2.05) is 39.0 Å². The van der Waals surface area contributed by atoms with Crippen LogP contribution in [0.1, 0.15) is 26.3 Å². The third kappa shape index (κ3) is 5.49. The van der Waals surface area contributed by atoms with Gasteiger partial charge >= 0.3 is 0 Å². The SMILES string of the molecule is COc1ccc(Br)cc1CC(=O)NC(C)(CN)C(C)C.Cl. The van der Waals surface area contributed by atoms with Crippen LogP contribution in [-0.2, 0) is 11.2 Å². The zero-order valence-electron chi connectivity index (χ0n) is 12.9. The smallest absolute Gasteiger partial charge is 0.225 e. The van der Waals surface area contributed by atoms with Crippen LogP contribution in [-0.4, -0.2) is 25.1 Å². The van der Waals surface area contributed by atoms with Crippen LogP contribution in [0.5, 0.6) is 5.75 Å². The lowest BCUT2D eigenvalue weighted by Gasteiger charge is -2.33. The van der Waals surface area contributed by atoms with Gasteiger partial charge in [-0.3, -0.25) is 4.79 Å². The van der Waals surface area contributed by atoms with Crippen molar-refractivity contribution in [3.63, 3.8) is 0 Å². The molecule has 1 atom stereocenters. The Bertz CT molecular complexity index is 483. The first-order valence-corrected chi connectivity index (χ1v) is 7.45. The quantitative estimate of drug-likeness (QED) is 0.799. The predicted molar refractivity (Wildman–Crippen MR) is 92.1 cm³/mol. The molecule has 0 bridgehead atoms. The number of methoxy groups -OCH3 is 1. The fraction of sp³-hybridized carbons (Fsp3) is 0.533. The number of hydrogen-bond donors (Lipinski definition) is 2. The average Bonchev–Trinajstić information content (AvgIpc) is 2.38. The monoisotopic (exact) mass is 378 g/mol. The maximum atomic E-state index is 12.2. The van der Waals surface area contributed by atoms with Crippen molar-refractivity contribution in [3.8, 4) is 5.75 Å². The summed E-state index contributed by atoms with van der Waals surface area (Å²) < 4.78 is 6.20. The van der Waals surface area contributed by atoms with E-state index in [1.165, 1.54) is 0 Å². The molecule has 0 fully saturated rings. The van der Waals surface area contributed by atoms with Gasteiger partial charge in [0.1, 0.15) is 5.75 Å². The van der Waals surface area contributed by atoms with Crippen LogP contribution in [0.3, 0.4) is 0 Å². The van der Waals surface area contributed by atoms with E-state index in [9.17, 15) is 4.79 Å². The fourth-order valence-corrected chi connectivity index (χ4v) is 2.26. The molecule has 0 spiro atoms. The van der Waals surface area contributed by atoms with E-state index >= 15 is 0 Å². The molecule has 0 aliphatic heterocycles. The van der Waals surface area contributed by atoms with E-state index in [1.54, 1.807) is 7.11 Å². The minimum atomic E-state index is -0.393. The van der Waals surface area contributed by atoms with Crippen LogP contribution in [0.2, 0.25) is 0 Å². The maximum absolute atomic E-state index is 12.2. The summed E-state index contributed by atoms with van der Waals surface area (Å²) in [7, 11) is 1.60. The molecule has 0 aliphatic carbocycles. The summed E-state index contributed by atoms with van der Waals surface area (Å²) in [6.07, 6.45) is 0.269. The lowest BCUT2D eigenvalue weighted by molar-refractivity contribution is -0.122. The van der Waals surface area contributed by atoms with E-state index in [0.29, 0.717) is 12.3 Å². The number of benzene rings is 1. The first kappa shape index (κ1) is 20.2. The van der Waals surface area contributed by atoms with E-state index < -0.39 is 5.54 Å². The normalized spacial score (nSPS) is 13.3. The molecule has 120 valence electrons. The highest BCUT2D eigenvalue weighted by molar-refractivity contribution is 9.10. The van der Waals surface area contributed by atoms with Crippen molar-refractivity contribution in [2.75, 3.05) is 13.7 Å². The molecule has 0 heterocycles. The third-order valence-electron chi connectivity index (χ3n) is 3.72. The van der Waals surface area contributed by atoms with Gasteiger partial charge in [-0.1, -0.05) is 29.8 Å². The predicted octanol–water partition coefficient (Wildman–Crippen LogP) is 2.91. The average molecular weight is 380 g/mol. The summed E-state index contributed by atoms with van der Waals surface area (Å²) in [6.45, 7) is 6.47. The molecule has 6 heteroatoms. The first-order valence-electron chi connectivity index (χ1n) is 6.66. The Morgan fingerprint density at radius 2 is 2.10 bits per heavy atom. The molecule has 0 saturated carbocycles. The number of rotatable bonds is 6. The van der Waals surface area contributed by atoms with E-state index in [0.717, 1.165) is 10.0 Å². The number of carbonyl (C=O) groups is 1. The minimum absolute atomic E-state index is 0. The summed E-state index contributed by atoms with van der Waals surface area (Å²) in [6, 6.07) is 5.63. The van der Waals surface area contributed by atoms with Gasteiger partial charge in [0.15, 0.2) is 0 Å². The van der Waals surface area contributed by atoms with Crippen LogP contribution in [0.25, 0.3) is 0 Å². The number of carbonyl (C=O) groups excluding carboxylic acids is 1. The molecule has 0 saturated heterocycles. The van der Waals surface area contributed by atoms with Crippen LogP contribution in [0.4, 0.5) is 0 Å². The number of amides is 1. The van der Waals surface area contributed by atoms with Gasteiger partial charge in [-0.15, -0.1) is 12.4 Å². The zero-order valence-corrected chi connectivity index (χ0v) is 15.3. The van der Waals surface area contributed by atoms with Crippen molar-refractivity contribution in [1.29, 1.82) is 0 Å². The van der Waals surface area contributed by atoms with Gasteiger partial charge in [0.2, 0.25) is 5.91 Å². The van der Waals surface area contributed by atoms with Crippen LogP contribution in [0.15, 0.2) is 22.7 Å². The Balaban J connectivity index is 0.00000400. The molecule has 4 nitrogen and oxygen atoms in total. The highest BCUT2D eigenvalue weighted by Gasteiger charge is 2.28. The topological polar surface area (TPSA) is 64.3 Å². The standard InChI is InChI=1S/C15H23BrN2O2.ClH/c1-10(2)15(3,9-17)18-14(19)8-11-7-12(16)5-6-13(11)20-4;/h5-7,10H,8-9,17H2,1-4H3,(H,18,19);1H. The summed E-state index contributed by atoms with van der Waals surface area (Å²) in [5.41, 5.74) is 6.24. The highest BCUT2D eigenvalue weighted by atomic mass is 79.9. The van der Waals surface area contributed by atoms with Gasteiger partial charge in [-0.05, 0) is 31.0 Å². The van der Waals surface area contributed by atoms with Crippen LogP contribution >= 0.6 is 28.3 Å². The van der Waals surface area contributed by atoms with E-state index in [-0.39, 0.29) is 30.7 Å². The molecule has 1 rings (SSSR count). The highest BCUT2D eigenvalue weighted by Crippen LogP contribution is 2.24. The molecular weight excluding hydrogens is 356 g/mol. The Labute approximate surface area is 141 Å². The second-order valence-electron chi connectivity index (χ2n) is 5.46. The minimum Gasteiger partial charge on any atom is -0.496 e. The lowest BCUT2D eigenvalue weighted by atomic mass is 9.88. The van der Waals surface area contributed by atoms with E-state index in [2.05, 4.69) is 21.2 Å². The fourth-order valence-electron chi connectivity index (χ4n) is 1.85. The summed E-state index contributed by atoms with van der Waals surface area (Å²) in [5, 5.41) is 3.03. The molecule has 0 aliphatic rings. The third-order valence-corrected chi connectivity index (χ3v) is 4.21. The van der Waals surface area contributed by atoms with Gasteiger partial charge in [0.05, 0.1) is 19.1 Å². The molecule has 1 aromatic carbocycles. The van der Waals surface area contributed by atoms with Crippen molar-refractivity contribution in [3.05, 3.63) is 28.2 Å². The van der Waals surface area contributed by atoms with Gasteiger partial charge < -0.3 is 15.8 Å². The van der Waals surface area contributed by atoms with Gasteiger partial charge in [-0.2, -0.15) is 0 Å². The van der Waals surface area contributed by atoms with Crippen molar-refractivity contribution in [2.24, 2.45) is 11.7 Å². The van der Waals surface area contributed by atoms with Crippen molar-refractivity contribution in [2.45, 2.75) is 32.7 Å². The molecule has 1 amide bonds. The molecule has 0 aromatic heterocycles. The molecule has 3 N–H and O–H groups in total. The Morgan fingerprint density at radius 3 is 2.57 bits per heavy atom. The Morgan fingerprint density at radius 1 is 1.48 bits per heavy atom. The number of ether oxygens (including phenoxy) is 1. The molecule has 21 heavy (non-hydrogen) atoms. The Kier molecular flexibility index (Phi) is 8.29. The molecular formula is C15H24BrClN2O2. The second kappa shape index (κ2) is 8.61. The number of nitrogens with two attached hydrogens (primary N) is 1. The number of halogens is 2. The zero-order chi connectivity index (χ0) is 15.3. The lowest BCUT2D eigenvalue weighted by Crippen LogP contribution is -2.55. The summed E-state index contributed by atoms with van der Waals surface area (Å²) in [5.74, 6) is 0.922. The summed E-state index contributed by atoms with van der Waals surface area (Å²) >= 11 is 3.41. The summed E-state index contributed by atoms with van der Waals surface area (Å²) in [4.78, 5) is 12.2. The molecule has 0 radical (unpaired) electrons. The van der Waals surface area contributed by atoms with Gasteiger partial charge in [-0.25, -0.2) is 0 Å². The van der Waals surface area contributed by atoms with Crippen LogP contribution in [0, 0.1) is 5.92 Å². The van der Waals surface area contributed by atoms with E-state index in [4.69, 9.17) is 10.5 Å². The van der Waals surface area contributed by atoms with Gasteiger partial charge in [0, 0.05) is 16.6 Å². The van der Waals surface area contributed by atoms with Crippen molar-refractivity contribution >= 4 is 34.2 Å².